The molecule has 6 heterocycles. The maximum atomic E-state index is 14.8. The number of methoxy groups -OCH3 is 1. The molecule has 67 heavy (non-hydrogen) atoms. The van der Waals surface area contributed by atoms with E-state index in [1.807, 2.05) is 37.3 Å². The van der Waals surface area contributed by atoms with E-state index in [1.165, 1.54) is 21.9 Å². The van der Waals surface area contributed by atoms with Crippen LogP contribution in [0.1, 0.15) is 69.9 Å². The number of carbonyl (C=O) groups is 5. The highest BCUT2D eigenvalue weighted by Crippen LogP contribution is 2.42. The molecule has 3 fully saturated rings. The molecule has 4 aliphatic rings. The standard InChI is InChI=1S/C51H63N7O9/c1-8-42(59)56-22-19-51(64,29-56)49(63)55(6)44(35-27-66-28-35)46(60)53-40-24-32-13-10-14-33(23-32)34-17-18-41-37(25-34)38(45(57(41)9-2)36-15-11-20-52-43(36)31(3)65-7)26-50(4,5)30-67-48(62)39-16-12-21-58(54-39)47(40)61/h8,10-11,13-15,17-18,20,23,25,31,35,39-40,44,54,64H,1,9,12,16,19,21-22,24,26-30H2,2-7H3,(H,53,60)/t31-,39-,40-,44-,51+/m0/s1. The van der Waals surface area contributed by atoms with Crippen molar-refractivity contribution in [1.82, 2.24) is 35.1 Å². The first kappa shape index (κ1) is 47.5. The van der Waals surface area contributed by atoms with Crippen molar-refractivity contribution in [2.45, 2.75) is 96.2 Å². The second kappa shape index (κ2) is 19.3. The fourth-order valence-electron chi connectivity index (χ4n) is 10.1. The molecule has 8 rings (SSSR count). The van der Waals surface area contributed by atoms with Crippen molar-refractivity contribution in [2.75, 3.05) is 53.6 Å². The van der Waals surface area contributed by atoms with Crippen LogP contribution in [0, 0.1) is 11.3 Å². The summed E-state index contributed by atoms with van der Waals surface area (Å²) in [6.45, 7) is 13.2. The summed E-state index contributed by atoms with van der Waals surface area (Å²) in [4.78, 5) is 77.2. The van der Waals surface area contributed by atoms with Crippen molar-refractivity contribution >= 4 is 40.5 Å². The first-order chi connectivity index (χ1) is 32.1. The van der Waals surface area contributed by atoms with Gasteiger partial charge in [-0.1, -0.05) is 50.8 Å². The number of benzene rings is 2. The average molecular weight is 918 g/mol. The van der Waals surface area contributed by atoms with Crippen molar-refractivity contribution in [3.63, 3.8) is 0 Å². The highest BCUT2D eigenvalue weighted by Gasteiger charge is 2.50. The quantitative estimate of drug-likeness (QED) is 0.152. The lowest BCUT2D eigenvalue weighted by molar-refractivity contribution is -0.162. The molecule has 0 spiro atoms. The molecule has 4 amide bonds. The van der Waals surface area contributed by atoms with E-state index in [9.17, 15) is 29.1 Å². The van der Waals surface area contributed by atoms with Crippen molar-refractivity contribution < 1.29 is 43.3 Å². The number of esters is 1. The molecular formula is C51H63N7O9. The molecule has 0 saturated carbocycles. The van der Waals surface area contributed by atoms with Gasteiger partial charge in [0.2, 0.25) is 11.8 Å². The zero-order valence-electron chi connectivity index (χ0n) is 39.4. The molecule has 2 aromatic carbocycles. The third-order valence-electron chi connectivity index (χ3n) is 13.9. The molecule has 16 nitrogen and oxygen atoms in total. The summed E-state index contributed by atoms with van der Waals surface area (Å²) in [5.41, 5.74) is 8.30. The Kier molecular flexibility index (Phi) is 13.7. The Labute approximate surface area is 391 Å². The van der Waals surface area contributed by atoms with E-state index in [1.54, 1.807) is 13.3 Å². The topological polar surface area (TPSA) is 185 Å². The van der Waals surface area contributed by atoms with Crippen LogP contribution in [0.15, 0.2) is 73.4 Å². The van der Waals surface area contributed by atoms with Gasteiger partial charge in [0.25, 0.3) is 11.8 Å². The van der Waals surface area contributed by atoms with Gasteiger partial charge in [-0.05, 0) is 85.7 Å². The lowest BCUT2D eigenvalue weighted by atomic mass is 9.84. The lowest BCUT2D eigenvalue weighted by Gasteiger charge is -2.41. The average Bonchev–Trinajstić information content (AvgIpc) is 3.87. The van der Waals surface area contributed by atoms with E-state index in [2.05, 4.69) is 66.9 Å². The van der Waals surface area contributed by atoms with Gasteiger partial charge in [-0.25, -0.2) is 5.43 Å². The number of hydrogen-bond donors (Lipinski definition) is 3. The smallest absolute Gasteiger partial charge is 0.324 e. The van der Waals surface area contributed by atoms with E-state index in [0.29, 0.717) is 25.8 Å². The van der Waals surface area contributed by atoms with Crippen LogP contribution in [-0.2, 0) is 57.6 Å². The maximum Gasteiger partial charge on any atom is 0.324 e. The number of aryl methyl sites for hydroxylation is 1. The Hall–Kier alpha value is -5.94. The minimum absolute atomic E-state index is 0.0105. The maximum absolute atomic E-state index is 14.8. The van der Waals surface area contributed by atoms with Crippen LogP contribution in [0.5, 0.6) is 0 Å². The molecule has 356 valence electrons. The van der Waals surface area contributed by atoms with Gasteiger partial charge in [-0.3, -0.25) is 34.0 Å². The fourth-order valence-corrected chi connectivity index (χ4v) is 10.1. The van der Waals surface area contributed by atoms with E-state index >= 15 is 0 Å². The van der Waals surface area contributed by atoms with Gasteiger partial charge in [-0.2, -0.15) is 0 Å². The van der Waals surface area contributed by atoms with E-state index in [0.717, 1.165) is 56.2 Å². The highest BCUT2D eigenvalue weighted by molar-refractivity contribution is 5.97. The van der Waals surface area contributed by atoms with Crippen molar-refractivity contribution in [2.24, 2.45) is 11.3 Å². The zero-order valence-corrected chi connectivity index (χ0v) is 39.4. The summed E-state index contributed by atoms with van der Waals surface area (Å²) in [5, 5.41) is 17.0. The monoisotopic (exact) mass is 917 g/mol. The third kappa shape index (κ3) is 9.49. The number of nitrogens with one attached hydrogen (secondary N) is 2. The molecular weight excluding hydrogens is 855 g/mol. The van der Waals surface area contributed by atoms with Gasteiger partial charge in [0, 0.05) is 80.6 Å². The SMILES string of the molecule is C=CC(=O)N1CC[C@](O)(C(=O)N(C)[C@H](C(=O)N[C@H]2Cc3cccc(c3)-c3ccc4c(c3)c(c(-c3cccnc3[C@H](C)OC)n4CC)CC(C)(C)COC(=O)[C@@H]3CCCN(N3)C2=O)C2COC2)C1. The van der Waals surface area contributed by atoms with Gasteiger partial charge in [0.1, 0.15) is 18.1 Å². The van der Waals surface area contributed by atoms with Gasteiger partial charge < -0.3 is 39.0 Å². The van der Waals surface area contributed by atoms with Gasteiger partial charge >= 0.3 is 5.97 Å². The van der Waals surface area contributed by atoms with E-state index in [4.69, 9.17) is 19.2 Å². The number of amides is 4. The number of aromatic nitrogens is 2. The summed E-state index contributed by atoms with van der Waals surface area (Å²) in [6, 6.07) is 15.3. The molecule has 5 atom stereocenters. The lowest BCUT2D eigenvalue weighted by Crippen LogP contribution is -2.64. The van der Waals surface area contributed by atoms with Gasteiger partial charge in [0.15, 0.2) is 5.60 Å². The number of fused-ring (bicyclic) bond motifs is 6. The van der Waals surface area contributed by atoms with Gasteiger partial charge in [-0.15, -0.1) is 0 Å². The number of ether oxygens (including phenoxy) is 3. The predicted octanol–water partition coefficient (Wildman–Crippen LogP) is 4.37. The molecule has 3 N–H and O–H groups in total. The molecule has 0 radical (unpaired) electrons. The number of hydrazine groups is 1. The molecule has 0 aliphatic carbocycles. The molecule has 16 heteroatoms. The van der Waals surface area contributed by atoms with Crippen LogP contribution in [-0.4, -0.2) is 136 Å². The molecule has 0 unspecified atom stereocenters. The van der Waals surface area contributed by atoms with Crippen LogP contribution in [0.2, 0.25) is 0 Å². The fraction of sp³-hybridized carbons (Fsp3) is 0.490. The Morgan fingerprint density at radius 2 is 1.88 bits per heavy atom. The second-order valence-corrected chi connectivity index (χ2v) is 19.2. The number of hydrogen-bond acceptors (Lipinski definition) is 11. The number of carbonyl (C=O) groups excluding carboxylic acids is 5. The summed E-state index contributed by atoms with van der Waals surface area (Å²) in [7, 11) is 3.13. The molecule has 4 aliphatic heterocycles. The number of cyclic esters (lactones) is 1. The highest BCUT2D eigenvalue weighted by atomic mass is 16.5. The van der Waals surface area contributed by atoms with Crippen molar-refractivity contribution in [1.29, 1.82) is 0 Å². The zero-order chi connectivity index (χ0) is 47.8. The Bertz CT molecular complexity index is 2570. The largest absolute Gasteiger partial charge is 0.464 e. The molecule has 4 aromatic rings. The normalized spacial score (nSPS) is 23.1. The third-order valence-corrected chi connectivity index (χ3v) is 13.9. The van der Waals surface area contributed by atoms with Crippen LogP contribution >= 0.6 is 0 Å². The predicted molar refractivity (Wildman–Crippen MR) is 251 cm³/mol. The molecule has 6 bridgehead atoms. The number of rotatable bonds is 10. The Balaban J connectivity index is 1.19. The number of pyridine rings is 1. The Morgan fingerprint density at radius 3 is 2.60 bits per heavy atom. The van der Waals surface area contributed by atoms with Gasteiger partial charge in [0.05, 0.1) is 43.9 Å². The number of β-amino-alcohol motifs (C(OH)–C–C–N with tert-alkyl or cyclic N) is 1. The van der Waals surface area contributed by atoms with Crippen LogP contribution < -0.4 is 10.7 Å². The first-order valence-corrected chi connectivity index (χ1v) is 23.3. The minimum atomic E-state index is -1.92. The summed E-state index contributed by atoms with van der Waals surface area (Å²) >= 11 is 0. The summed E-state index contributed by atoms with van der Waals surface area (Å²) in [6.07, 6.45) is 4.24. The number of aliphatic hydroxyl groups is 1. The number of likely N-dealkylation sites (N-methyl/N-ethyl adjacent to an activating group) is 1. The van der Waals surface area contributed by atoms with Crippen LogP contribution in [0.3, 0.4) is 0 Å². The van der Waals surface area contributed by atoms with Crippen molar-refractivity contribution in [3.05, 3.63) is 90.3 Å². The Morgan fingerprint density at radius 1 is 1.10 bits per heavy atom. The second-order valence-electron chi connectivity index (χ2n) is 19.2. The number of nitrogens with zero attached hydrogens (tertiary/aromatic N) is 5. The van der Waals surface area contributed by atoms with Crippen LogP contribution in [0.25, 0.3) is 33.3 Å². The molecule has 2 aromatic heterocycles. The van der Waals surface area contributed by atoms with E-state index in [-0.39, 0.29) is 58.4 Å². The van der Waals surface area contributed by atoms with Crippen molar-refractivity contribution in [3.8, 4) is 22.4 Å². The van der Waals surface area contributed by atoms with E-state index < -0.39 is 64.7 Å². The molecule has 3 saturated heterocycles. The summed E-state index contributed by atoms with van der Waals surface area (Å²) in [5.74, 6) is -3.07. The summed E-state index contributed by atoms with van der Waals surface area (Å²) < 4.78 is 19.7. The number of likely N-dealkylation sites (tertiary alicyclic amines) is 1. The minimum Gasteiger partial charge on any atom is -0.464 e. The van der Waals surface area contributed by atoms with Crippen LogP contribution in [0.4, 0.5) is 0 Å². The first-order valence-electron chi connectivity index (χ1n) is 23.3.